The molecule has 0 N–H and O–H groups in total. The molecule has 0 spiro atoms. The Morgan fingerprint density at radius 3 is 1.44 bits per heavy atom. The first-order valence-electron chi connectivity index (χ1n) is 12.8. The zero-order chi connectivity index (χ0) is 24.3. The summed E-state index contributed by atoms with van der Waals surface area (Å²) >= 11 is 0. The van der Waals surface area contributed by atoms with Gasteiger partial charge in [-0.3, -0.25) is 19.6 Å². The molecule has 2 aliphatic rings. The SMILES string of the molecule is CC[Si](OC)(OC)C1CN(CC[Si](C)(C)C)C(C2N(C)CCN2C)N(CC[Si](C)(C)C)C1. The molecule has 0 amide bonds. The van der Waals surface area contributed by atoms with Gasteiger partial charge < -0.3 is 8.85 Å². The highest BCUT2D eigenvalue weighted by atomic mass is 28.4. The summed E-state index contributed by atoms with van der Waals surface area (Å²) in [4.78, 5) is 10.9. The Bertz CT molecular complexity index is 534. The minimum absolute atomic E-state index is 0.453. The largest absolute Gasteiger partial charge is 0.397 e. The van der Waals surface area contributed by atoms with Crippen LogP contribution in [0.4, 0.5) is 0 Å². The molecule has 0 aromatic rings. The minimum atomic E-state index is -2.24. The Morgan fingerprint density at radius 2 is 1.12 bits per heavy atom. The summed E-state index contributed by atoms with van der Waals surface area (Å²) in [7, 11) is 3.91. The van der Waals surface area contributed by atoms with Gasteiger partial charge in [-0.2, -0.15) is 0 Å². The van der Waals surface area contributed by atoms with E-state index in [0.29, 0.717) is 17.9 Å². The van der Waals surface area contributed by atoms with Gasteiger partial charge in [0.15, 0.2) is 0 Å². The predicted molar refractivity (Wildman–Crippen MR) is 146 cm³/mol. The Hall–Kier alpha value is 0.411. The number of hydrogen-bond acceptors (Lipinski definition) is 6. The van der Waals surface area contributed by atoms with Gasteiger partial charge in [0.05, 0.1) is 12.3 Å². The zero-order valence-corrected chi connectivity index (χ0v) is 26.2. The monoisotopic (exact) mass is 502 g/mol. The van der Waals surface area contributed by atoms with Gasteiger partial charge in [-0.25, -0.2) is 0 Å². The van der Waals surface area contributed by atoms with E-state index in [1.807, 2.05) is 14.2 Å². The van der Waals surface area contributed by atoms with E-state index >= 15 is 0 Å². The third-order valence-corrected chi connectivity index (χ3v) is 15.2. The third kappa shape index (κ3) is 7.21. The molecule has 0 aromatic heterocycles. The molecule has 6 nitrogen and oxygen atoms in total. The molecule has 0 aliphatic carbocycles. The van der Waals surface area contributed by atoms with Crippen molar-refractivity contribution in [3.63, 3.8) is 0 Å². The van der Waals surface area contributed by atoms with Gasteiger partial charge in [0, 0.05) is 62.1 Å². The summed E-state index contributed by atoms with van der Waals surface area (Å²) in [6.45, 7) is 24.3. The van der Waals surface area contributed by atoms with Crippen LogP contribution < -0.4 is 0 Å². The normalized spacial score (nSPS) is 26.3. The first-order chi connectivity index (χ1) is 14.8. The maximum absolute atomic E-state index is 6.23. The van der Waals surface area contributed by atoms with Crippen molar-refractivity contribution in [2.75, 3.05) is 67.6 Å². The first kappa shape index (κ1) is 28.6. The second-order valence-corrected chi connectivity index (χ2v) is 27.9. The van der Waals surface area contributed by atoms with Crippen molar-refractivity contribution in [2.24, 2.45) is 0 Å². The van der Waals surface area contributed by atoms with E-state index < -0.39 is 24.7 Å². The van der Waals surface area contributed by atoms with Crippen LogP contribution in [-0.4, -0.2) is 124 Å². The molecule has 2 rings (SSSR count). The average molecular weight is 503 g/mol. The fraction of sp³-hybridized carbons (Fsp3) is 1.00. The summed E-state index contributed by atoms with van der Waals surface area (Å²) in [5.41, 5.74) is 0.485. The van der Waals surface area contributed by atoms with Crippen LogP contribution in [0.5, 0.6) is 0 Å². The van der Waals surface area contributed by atoms with Gasteiger partial charge in [0.2, 0.25) is 0 Å². The Morgan fingerprint density at radius 1 is 0.719 bits per heavy atom. The van der Waals surface area contributed by atoms with E-state index in [-0.39, 0.29) is 0 Å². The lowest BCUT2D eigenvalue weighted by Crippen LogP contribution is -2.68. The second kappa shape index (κ2) is 11.4. The smallest absolute Gasteiger partial charge is 0.343 e. The van der Waals surface area contributed by atoms with Gasteiger partial charge >= 0.3 is 8.56 Å². The maximum atomic E-state index is 6.23. The van der Waals surface area contributed by atoms with E-state index in [1.165, 1.54) is 25.2 Å². The van der Waals surface area contributed by atoms with Gasteiger partial charge in [0.1, 0.15) is 0 Å². The average Bonchev–Trinajstić information content (AvgIpc) is 3.03. The molecule has 2 aliphatic heterocycles. The topological polar surface area (TPSA) is 31.4 Å². The van der Waals surface area contributed by atoms with Gasteiger partial charge in [-0.15, -0.1) is 0 Å². The highest BCUT2D eigenvalue weighted by Gasteiger charge is 2.51. The van der Waals surface area contributed by atoms with Crippen molar-refractivity contribution in [1.82, 2.24) is 19.6 Å². The molecule has 2 fully saturated rings. The number of likely N-dealkylation sites (N-methyl/N-ethyl adjacent to an activating group) is 2. The van der Waals surface area contributed by atoms with Crippen molar-refractivity contribution >= 4 is 24.7 Å². The first-order valence-corrected chi connectivity index (χ1v) is 22.3. The summed E-state index contributed by atoms with van der Waals surface area (Å²) in [5.74, 6) is 0. The highest BCUT2D eigenvalue weighted by molar-refractivity contribution is 6.76. The van der Waals surface area contributed by atoms with Gasteiger partial charge in [-0.05, 0) is 45.3 Å². The zero-order valence-electron chi connectivity index (χ0n) is 23.2. The fourth-order valence-corrected chi connectivity index (χ4v) is 10.4. The Balaban J connectivity index is 2.43. The van der Waals surface area contributed by atoms with Crippen LogP contribution in [-0.2, 0) is 8.85 Å². The van der Waals surface area contributed by atoms with E-state index in [4.69, 9.17) is 8.85 Å². The number of hydrogen-bond donors (Lipinski definition) is 0. The van der Waals surface area contributed by atoms with E-state index in [1.54, 1.807) is 0 Å². The number of nitrogens with zero attached hydrogens (tertiary/aromatic N) is 4. The van der Waals surface area contributed by atoms with Crippen LogP contribution in [0.3, 0.4) is 0 Å². The lowest BCUT2D eigenvalue weighted by molar-refractivity contribution is -0.0691. The molecule has 0 atom stereocenters. The van der Waals surface area contributed by atoms with Crippen LogP contribution in [0, 0.1) is 0 Å². The molecule has 32 heavy (non-hydrogen) atoms. The van der Waals surface area contributed by atoms with Crippen LogP contribution >= 0.6 is 0 Å². The van der Waals surface area contributed by atoms with Crippen LogP contribution in [0.15, 0.2) is 0 Å². The second-order valence-electron chi connectivity index (χ2n) is 12.7. The summed E-state index contributed by atoms with van der Waals surface area (Å²) in [6, 6.07) is 3.71. The number of rotatable bonds is 11. The van der Waals surface area contributed by atoms with Gasteiger partial charge in [0.25, 0.3) is 0 Å². The summed E-state index contributed by atoms with van der Waals surface area (Å²) < 4.78 is 12.5. The van der Waals surface area contributed by atoms with Crippen LogP contribution in [0.2, 0.25) is 63.0 Å². The van der Waals surface area contributed by atoms with Crippen molar-refractivity contribution in [1.29, 1.82) is 0 Å². The van der Waals surface area contributed by atoms with Crippen molar-refractivity contribution < 1.29 is 8.85 Å². The van der Waals surface area contributed by atoms with Crippen LogP contribution in [0.25, 0.3) is 0 Å². The molecule has 9 heteroatoms. The van der Waals surface area contributed by atoms with Gasteiger partial charge in [-0.1, -0.05) is 46.2 Å². The maximum Gasteiger partial charge on any atom is 0.343 e. The molecule has 2 saturated heterocycles. The highest BCUT2D eigenvalue weighted by Crippen LogP contribution is 2.37. The quantitative estimate of drug-likeness (QED) is 0.398. The van der Waals surface area contributed by atoms with E-state index in [2.05, 4.69) is 79.9 Å². The van der Waals surface area contributed by atoms with Crippen molar-refractivity contribution in [3.05, 3.63) is 0 Å². The predicted octanol–water partition coefficient (Wildman–Crippen LogP) is 3.93. The minimum Gasteiger partial charge on any atom is -0.397 e. The van der Waals surface area contributed by atoms with Crippen molar-refractivity contribution in [3.8, 4) is 0 Å². The van der Waals surface area contributed by atoms with E-state index in [0.717, 1.165) is 32.2 Å². The fourth-order valence-electron chi connectivity index (χ4n) is 5.50. The molecular formula is C23H54N4O2Si3. The molecule has 0 unspecified atom stereocenters. The molecule has 2 heterocycles. The molecule has 0 saturated carbocycles. The molecule has 190 valence electrons. The van der Waals surface area contributed by atoms with Crippen LogP contribution in [0.1, 0.15) is 6.92 Å². The lowest BCUT2D eigenvalue weighted by Gasteiger charge is -2.54. The summed E-state index contributed by atoms with van der Waals surface area (Å²) in [5, 5.41) is 0. The molecular weight excluding hydrogens is 449 g/mol. The van der Waals surface area contributed by atoms with Crippen molar-refractivity contribution in [2.45, 2.75) is 82.2 Å². The Kier molecular flexibility index (Phi) is 10.2. The summed E-state index contributed by atoms with van der Waals surface area (Å²) in [6.07, 6.45) is 0.913. The Labute approximate surface area is 202 Å². The molecule has 0 bridgehead atoms. The molecule has 0 aromatic carbocycles. The molecule has 0 radical (unpaired) electrons. The van der Waals surface area contributed by atoms with E-state index in [9.17, 15) is 0 Å². The standard InChI is InChI=1S/C23H54N4O2Si3/c1-12-32(28-4,29-5)21-19-26(15-17-30(6,7)8)23(22-24(2)13-14-25(22)3)27(20-21)16-18-31(9,10)11/h21-23H,12-20H2,1-11H3. The third-order valence-electron chi connectivity index (χ3n) is 7.74. The lowest BCUT2D eigenvalue weighted by atomic mass is 10.1.